The molecule has 21 heavy (non-hydrogen) atoms. The van der Waals surface area contributed by atoms with E-state index >= 15 is 0 Å². The van der Waals surface area contributed by atoms with Crippen molar-refractivity contribution in [2.45, 2.75) is 20.8 Å². The third kappa shape index (κ3) is 7.54. The summed E-state index contributed by atoms with van der Waals surface area (Å²) in [5.74, 6) is 0. The largest absolute Gasteiger partial charge is 3.00 e. The van der Waals surface area contributed by atoms with Crippen molar-refractivity contribution in [3.8, 4) is 11.3 Å². The van der Waals surface area contributed by atoms with Crippen LogP contribution >= 0.6 is 0 Å². The van der Waals surface area contributed by atoms with Crippen LogP contribution in [-0.2, 0) is 20.1 Å². The fourth-order valence-corrected chi connectivity index (χ4v) is 1.62. The molecule has 2 rings (SSSR count). The number of rotatable bonds is 2. The van der Waals surface area contributed by atoms with Crippen LogP contribution in [0.4, 0.5) is 0 Å². The van der Waals surface area contributed by atoms with E-state index in [9.17, 15) is 0 Å². The Balaban J connectivity index is 0.000000436. The van der Waals surface area contributed by atoms with Gasteiger partial charge in [-0.25, -0.2) is 0 Å². The van der Waals surface area contributed by atoms with Gasteiger partial charge in [0.1, 0.15) is 0 Å². The van der Waals surface area contributed by atoms with Crippen molar-refractivity contribution in [2.24, 2.45) is 0 Å². The predicted octanol–water partition coefficient (Wildman–Crippen LogP) is 4.83. The van der Waals surface area contributed by atoms with E-state index in [1.54, 1.807) is 6.92 Å². The minimum atomic E-state index is 0. The number of aromatic nitrogens is 1. The molecule has 0 aliphatic heterocycles. The minimum Gasteiger partial charge on any atom is -0.808 e. The maximum Gasteiger partial charge on any atom is 3.00 e. The van der Waals surface area contributed by atoms with Crippen LogP contribution in [0, 0.1) is 13.0 Å². The number of allylic oxidation sites excluding steroid dienone is 2. The van der Waals surface area contributed by atoms with Gasteiger partial charge in [-0.3, -0.25) is 0 Å². The minimum absolute atomic E-state index is 0. The second-order valence-corrected chi connectivity index (χ2v) is 4.41. The first-order chi connectivity index (χ1) is 9.50. The fourth-order valence-electron chi connectivity index (χ4n) is 1.62. The van der Waals surface area contributed by atoms with Gasteiger partial charge in [0.25, 0.3) is 0 Å². The Bertz CT molecular complexity index is 588. The van der Waals surface area contributed by atoms with Gasteiger partial charge in [0, 0.05) is 6.20 Å². The molecule has 0 saturated carbocycles. The molecule has 0 unspecified atom stereocenters. The van der Waals surface area contributed by atoms with Gasteiger partial charge in [0.15, 0.2) is 0 Å². The SMILES string of the molecule is CC(=[N-])C=C(C)[NH-].Cc1cccnc1-c1[c-]cccc1.[Ir+3]. The summed E-state index contributed by atoms with van der Waals surface area (Å²) in [6.07, 6.45) is 3.20. The molecule has 4 heteroatoms. The zero-order valence-corrected chi connectivity index (χ0v) is 14.7. The van der Waals surface area contributed by atoms with Crippen molar-refractivity contribution in [3.63, 3.8) is 0 Å². The van der Waals surface area contributed by atoms with Crippen LogP contribution in [0.5, 0.6) is 0 Å². The van der Waals surface area contributed by atoms with Crippen LogP contribution in [0.1, 0.15) is 19.4 Å². The average molecular weight is 457 g/mol. The topological polar surface area (TPSA) is 59.0 Å². The quantitative estimate of drug-likeness (QED) is 0.472. The number of hydrogen-bond acceptors (Lipinski definition) is 1. The number of nitrogens with one attached hydrogen (secondary N) is 1. The Morgan fingerprint density at radius 3 is 2.38 bits per heavy atom. The second kappa shape index (κ2) is 10.0. The number of aryl methyl sites for hydroxylation is 1. The molecule has 2 aromatic rings. The number of hydrogen-bond donors (Lipinski definition) is 0. The molecule has 1 heterocycles. The van der Waals surface area contributed by atoms with Gasteiger partial charge < -0.3 is 16.1 Å². The molecule has 0 aliphatic carbocycles. The Morgan fingerprint density at radius 1 is 1.24 bits per heavy atom. The third-order valence-corrected chi connectivity index (χ3v) is 2.40. The molecular weight excluding hydrogens is 438 g/mol. The van der Waals surface area contributed by atoms with Crippen molar-refractivity contribution in [1.29, 1.82) is 0 Å². The molecule has 1 aromatic carbocycles. The normalized spacial score (nSPS) is 9.95. The molecule has 0 spiro atoms. The van der Waals surface area contributed by atoms with Crippen LogP contribution in [0.3, 0.4) is 0 Å². The molecule has 3 nitrogen and oxygen atoms in total. The Kier molecular flexibility index (Phi) is 9.18. The molecule has 1 N–H and O–H groups in total. The summed E-state index contributed by atoms with van der Waals surface area (Å²) in [5, 5.41) is 8.44. The molecular formula is C17H18IrN3. The van der Waals surface area contributed by atoms with Crippen LogP contribution < -0.4 is 0 Å². The maximum atomic E-state index is 8.44. The smallest absolute Gasteiger partial charge is 0.808 e. The Morgan fingerprint density at radius 2 is 1.95 bits per heavy atom. The van der Waals surface area contributed by atoms with E-state index in [1.165, 1.54) is 18.6 Å². The van der Waals surface area contributed by atoms with E-state index < -0.39 is 0 Å². The number of benzene rings is 1. The second-order valence-electron chi connectivity index (χ2n) is 4.41. The Hall–Kier alpha value is -1.77. The molecule has 0 aliphatic rings. The van der Waals surface area contributed by atoms with E-state index in [-0.39, 0.29) is 25.8 Å². The molecule has 0 radical (unpaired) electrons. The van der Waals surface area contributed by atoms with Gasteiger partial charge >= 0.3 is 20.1 Å². The summed E-state index contributed by atoms with van der Waals surface area (Å²) in [7, 11) is 0. The van der Waals surface area contributed by atoms with Gasteiger partial charge in [-0.2, -0.15) is 11.4 Å². The standard InChI is InChI=1S/C12H10N.C5H8N2.Ir/c1-10-6-5-9-13-12(10)11-7-3-2-4-8-11;1-4(6)3-5(2)7;/h2-7,9H,1H3;3,6H,1-2H3;/q-1;-2;+3. The van der Waals surface area contributed by atoms with Gasteiger partial charge in [0.2, 0.25) is 0 Å². The van der Waals surface area contributed by atoms with Gasteiger partial charge in [-0.05, 0) is 18.7 Å². The zero-order chi connectivity index (χ0) is 15.0. The summed E-state index contributed by atoms with van der Waals surface area (Å²) in [6, 6.07) is 15.1. The van der Waals surface area contributed by atoms with Crippen LogP contribution in [0.2, 0.25) is 0 Å². The van der Waals surface area contributed by atoms with Crippen LogP contribution in [-0.4, -0.2) is 10.7 Å². The summed E-state index contributed by atoms with van der Waals surface area (Å²) >= 11 is 0. The maximum absolute atomic E-state index is 8.44. The Labute approximate surface area is 140 Å². The predicted molar refractivity (Wildman–Crippen MR) is 85.4 cm³/mol. The van der Waals surface area contributed by atoms with E-state index in [1.807, 2.05) is 36.5 Å². The fraction of sp³-hybridized carbons (Fsp3) is 0.176. The number of pyridine rings is 1. The van der Waals surface area contributed by atoms with Crippen molar-refractivity contribution in [1.82, 2.24) is 4.98 Å². The van der Waals surface area contributed by atoms with E-state index in [0.29, 0.717) is 5.70 Å². The van der Waals surface area contributed by atoms with Crippen LogP contribution in [0.15, 0.2) is 54.4 Å². The molecule has 0 fully saturated rings. The first-order valence-electron chi connectivity index (χ1n) is 6.32. The van der Waals surface area contributed by atoms with Gasteiger partial charge in [-0.15, -0.1) is 42.0 Å². The average Bonchev–Trinajstić information content (AvgIpc) is 2.39. The van der Waals surface area contributed by atoms with Crippen molar-refractivity contribution in [3.05, 3.63) is 77.1 Å². The molecule has 0 atom stereocenters. The van der Waals surface area contributed by atoms with Gasteiger partial charge in [0.05, 0.1) is 0 Å². The first-order valence-corrected chi connectivity index (χ1v) is 6.32. The van der Waals surface area contributed by atoms with E-state index in [4.69, 9.17) is 11.1 Å². The molecule has 0 amide bonds. The molecule has 0 saturated heterocycles. The van der Waals surface area contributed by atoms with Crippen molar-refractivity contribution in [2.75, 3.05) is 0 Å². The summed E-state index contributed by atoms with van der Waals surface area (Å²) in [6.45, 7) is 5.21. The van der Waals surface area contributed by atoms with E-state index in [0.717, 1.165) is 11.3 Å². The number of nitrogens with zero attached hydrogens (tertiary/aromatic N) is 2. The monoisotopic (exact) mass is 457 g/mol. The molecule has 1 aromatic heterocycles. The zero-order valence-electron chi connectivity index (χ0n) is 12.3. The third-order valence-electron chi connectivity index (χ3n) is 2.40. The van der Waals surface area contributed by atoms with Crippen molar-refractivity contribution < 1.29 is 20.1 Å². The molecule has 0 bridgehead atoms. The summed E-state index contributed by atoms with van der Waals surface area (Å²) in [4.78, 5) is 4.32. The first kappa shape index (κ1) is 19.2. The van der Waals surface area contributed by atoms with Crippen LogP contribution in [0.25, 0.3) is 22.4 Å². The summed E-state index contributed by atoms with van der Waals surface area (Å²) in [5.41, 5.74) is 10.6. The summed E-state index contributed by atoms with van der Waals surface area (Å²) < 4.78 is 0. The molecule has 110 valence electrons. The van der Waals surface area contributed by atoms with Gasteiger partial charge in [-0.1, -0.05) is 25.5 Å². The van der Waals surface area contributed by atoms with Crippen molar-refractivity contribution >= 4 is 5.71 Å². The van der Waals surface area contributed by atoms with E-state index in [2.05, 4.69) is 24.0 Å².